The van der Waals surface area contributed by atoms with Gasteiger partial charge in [-0.05, 0) is 6.42 Å². The van der Waals surface area contributed by atoms with Crippen molar-refractivity contribution in [3.63, 3.8) is 0 Å². The lowest BCUT2D eigenvalue weighted by Gasteiger charge is -2.23. The first-order valence-electron chi connectivity index (χ1n) is 5.07. The van der Waals surface area contributed by atoms with Crippen molar-refractivity contribution in [3.8, 4) is 12.0 Å². The third-order valence-electron chi connectivity index (χ3n) is 2.29. The number of methoxy groups -OCH3 is 2. The number of hydrogen-bond donors (Lipinski definition) is 0. The summed E-state index contributed by atoms with van der Waals surface area (Å²) in [5.41, 5.74) is 0. The fourth-order valence-electron chi connectivity index (χ4n) is 1.47. The number of hydrogen-bond acceptors (Lipinski definition) is 6. The van der Waals surface area contributed by atoms with Gasteiger partial charge in [0.25, 0.3) is 0 Å². The van der Waals surface area contributed by atoms with E-state index in [0.717, 1.165) is 19.5 Å². The summed E-state index contributed by atoms with van der Waals surface area (Å²) in [6, 6.07) is 0.549. The number of anilines is 1. The Balaban J connectivity index is 2.28. The van der Waals surface area contributed by atoms with Gasteiger partial charge in [-0.15, -0.1) is 4.98 Å². The lowest BCUT2D eigenvalue weighted by atomic mass is 10.3. The van der Waals surface area contributed by atoms with E-state index in [2.05, 4.69) is 27.1 Å². The molecule has 0 bridgehead atoms. The Bertz CT molecular complexity index is 372. The van der Waals surface area contributed by atoms with Crippen LogP contribution in [0.25, 0.3) is 0 Å². The molecule has 6 heteroatoms. The highest BCUT2D eigenvalue weighted by atomic mass is 16.5. The van der Waals surface area contributed by atoms with Crippen molar-refractivity contribution in [2.75, 3.05) is 32.2 Å². The topological polar surface area (TPSA) is 60.4 Å². The summed E-state index contributed by atoms with van der Waals surface area (Å²) < 4.78 is 10.0. The van der Waals surface area contributed by atoms with Gasteiger partial charge in [0.15, 0.2) is 0 Å². The van der Waals surface area contributed by atoms with E-state index >= 15 is 0 Å². The van der Waals surface area contributed by atoms with Crippen molar-refractivity contribution in [2.45, 2.75) is 6.42 Å². The van der Waals surface area contributed by atoms with E-state index in [4.69, 9.17) is 9.47 Å². The quantitative estimate of drug-likeness (QED) is 0.700. The van der Waals surface area contributed by atoms with Gasteiger partial charge in [-0.3, -0.25) is 0 Å². The second-order valence-corrected chi connectivity index (χ2v) is 3.31. The van der Waals surface area contributed by atoms with Crippen LogP contribution in [0, 0.1) is 0 Å². The van der Waals surface area contributed by atoms with Crippen LogP contribution < -0.4 is 14.4 Å². The van der Waals surface area contributed by atoms with Crippen molar-refractivity contribution in [1.29, 1.82) is 0 Å². The molecule has 6 nitrogen and oxygen atoms in total. The molecule has 0 fully saturated rings. The highest BCUT2D eigenvalue weighted by Crippen LogP contribution is 2.17. The Morgan fingerprint density at radius 3 is 2.25 bits per heavy atom. The lowest BCUT2D eigenvalue weighted by Crippen LogP contribution is -2.28. The first-order chi connectivity index (χ1) is 7.83. The van der Waals surface area contributed by atoms with Crippen molar-refractivity contribution < 1.29 is 9.47 Å². The third-order valence-corrected chi connectivity index (χ3v) is 2.29. The molecular formula is C10H14N4O2. The van der Waals surface area contributed by atoms with Crippen LogP contribution in [0.4, 0.5) is 5.95 Å². The minimum Gasteiger partial charge on any atom is -0.467 e. The van der Waals surface area contributed by atoms with E-state index in [1.165, 1.54) is 14.2 Å². The lowest BCUT2D eigenvalue weighted by molar-refractivity contribution is 0.340. The molecule has 0 aromatic carbocycles. The number of aromatic nitrogens is 3. The Kier molecular flexibility index (Phi) is 3.19. The minimum absolute atomic E-state index is 0.274. The SMILES string of the molecule is COc1nc(OC)nc(N2CC=CCC2)n1. The molecule has 0 unspecified atom stereocenters. The second kappa shape index (κ2) is 4.78. The maximum absolute atomic E-state index is 5.00. The van der Waals surface area contributed by atoms with E-state index < -0.39 is 0 Å². The van der Waals surface area contributed by atoms with Gasteiger partial charge in [0.2, 0.25) is 5.95 Å². The summed E-state index contributed by atoms with van der Waals surface area (Å²) >= 11 is 0. The van der Waals surface area contributed by atoms with Gasteiger partial charge in [-0.25, -0.2) is 0 Å². The summed E-state index contributed by atoms with van der Waals surface area (Å²) in [5.74, 6) is 0.591. The molecule has 1 aromatic heterocycles. The molecule has 1 aliphatic heterocycles. The second-order valence-electron chi connectivity index (χ2n) is 3.31. The largest absolute Gasteiger partial charge is 0.467 e. The number of nitrogens with zero attached hydrogens (tertiary/aromatic N) is 4. The molecule has 0 spiro atoms. The van der Waals surface area contributed by atoms with Crippen LogP contribution in [-0.4, -0.2) is 42.3 Å². The van der Waals surface area contributed by atoms with Crippen LogP contribution in [0.2, 0.25) is 0 Å². The molecule has 0 atom stereocenters. The molecule has 0 radical (unpaired) electrons. The van der Waals surface area contributed by atoms with Crippen molar-refractivity contribution in [2.24, 2.45) is 0 Å². The summed E-state index contributed by atoms with van der Waals surface area (Å²) in [4.78, 5) is 14.4. The summed E-state index contributed by atoms with van der Waals surface area (Å²) in [6.45, 7) is 1.70. The maximum Gasteiger partial charge on any atom is 0.324 e. The monoisotopic (exact) mass is 222 g/mol. The first kappa shape index (κ1) is 10.7. The van der Waals surface area contributed by atoms with Gasteiger partial charge in [-0.1, -0.05) is 12.2 Å². The summed E-state index contributed by atoms with van der Waals surface area (Å²) in [7, 11) is 3.04. The molecule has 16 heavy (non-hydrogen) atoms. The van der Waals surface area contributed by atoms with E-state index in [9.17, 15) is 0 Å². The molecular weight excluding hydrogens is 208 g/mol. The predicted molar refractivity (Wildman–Crippen MR) is 58.9 cm³/mol. The summed E-state index contributed by atoms with van der Waals surface area (Å²) in [6.07, 6.45) is 5.23. The van der Waals surface area contributed by atoms with Crippen LogP contribution in [-0.2, 0) is 0 Å². The zero-order chi connectivity index (χ0) is 11.4. The van der Waals surface area contributed by atoms with Crippen LogP contribution in [0.1, 0.15) is 6.42 Å². The molecule has 0 N–H and O–H groups in total. The number of ether oxygens (including phenoxy) is 2. The Morgan fingerprint density at radius 1 is 1.06 bits per heavy atom. The zero-order valence-corrected chi connectivity index (χ0v) is 9.38. The van der Waals surface area contributed by atoms with Gasteiger partial charge in [-0.2, -0.15) is 9.97 Å². The fourth-order valence-corrected chi connectivity index (χ4v) is 1.47. The molecule has 0 saturated carbocycles. The van der Waals surface area contributed by atoms with Gasteiger partial charge >= 0.3 is 12.0 Å². The summed E-state index contributed by atoms with van der Waals surface area (Å²) in [5, 5.41) is 0. The van der Waals surface area contributed by atoms with E-state index in [1.807, 2.05) is 4.90 Å². The molecule has 1 aromatic rings. The van der Waals surface area contributed by atoms with Crippen LogP contribution in [0.5, 0.6) is 12.0 Å². The molecule has 2 rings (SSSR count). The van der Waals surface area contributed by atoms with E-state index in [1.54, 1.807) is 0 Å². The molecule has 1 aliphatic rings. The molecule has 0 saturated heterocycles. The van der Waals surface area contributed by atoms with E-state index in [0.29, 0.717) is 5.95 Å². The smallest absolute Gasteiger partial charge is 0.324 e. The highest BCUT2D eigenvalue weighted by Gasteiger charge is 2.14. The Labute approximate surface area is 93.9 Å². The Hall–Kier alpha value is -1.85. The average Bonchev–Trinajstić information content (AvgIpc) is 2.39. The van der Waals surface area contributed by atoms with Crippen LogP contribution in [0.15, 0.2) is 12.2 Å². The van der Waals surface area contributed by atoms with Crippen LogP contribution >= 0.6 is 0 Å². The van der Waals surface area contributed by atoms with Crippen molar-refractivity contribution in [3.05, 3.63) is 12.2 Å². The van der Waals surface area contributed by atoms with Crippen LogP contribution in [0.3, 0.4) is 0 Å². The van der Waals surface area contributed by atoms with E-state index in [-0.39, 0.29) is 12.0 Å². The Morgan fingerprint density at radius 2 is 1.75 bits per heavy atom. The highest BCUT2D eigenvalue weighted by molar-refractivity contribution is 5.34. The van der Waals surface area contributed by atoms with Gasteiger partial charge in [0, 0.05) is 13.1 Å². The standard InChI is InChI=1S/C10H14N4O2/c1-15-9-11-8(12-10(13-9)16-2)14-6-4-3-5-7-14/h3-4H,5-7H2,1-2H3. The molecule has 0 aliphatic carbocycles. The average molecular weight is 222 g/mol. The first-order valence-corrected chi connectivity index (χ1v) is 5.07. The van der Waals surface area contributed by atoms with Gasteiger partial charge < -0.3 is 14.4 Å². The van der Waals surface area contributed by atoms with Crippen molar-refractivity contribution >= 4 is 5.95 Å². The molecule has 2 heterocycles. The fraction of sp³-hybridized carbons (Fsp3) is 0.500. The molecule has 0 amide bonds. The predicted octanol–water partition coefficient (Wildman–Crippen LogP) is 0.655. The molecule has 86 valence electrons. The zero-order valence-electron chi connectivity index (χ0n) is 9.38. The van der Waals surface area contributed by atoms with Crippen molar-refractivity contribution in [1.82, 2.24) is 15.0 Å². The van der Waals surface area contributed by atoms with Gasteiger partial charge in [0.1, 0.15) is 0 Å². The van der Waals surface area contributed by atoms with Gasteiger partial charge in [0.05, 0.1) is 14.2 Å². The maximum atomic E-state index is 5.00. The third kappa shape index (κ3) is 2.21. The normalized spacial score (nSPS) is 15.0. The minimum atomic E-state index is 0.274. The number of rotatable bonds is 3.